The maximum atomic E-state index is 13.3. The van der Waals surface area contributed by atoms with Gasteiger partial charge in [0.15, 0.2) is 0 Å². The standard InChI is InChI=1S/C21H34F6O4/c1-8-16(2,3)15(28)30-14-11-9-13(10-12-14)17(4,5)31-18(6,7)19(29,20(22,23)24)21(25,26)27/h13-14,29H,8-12H2,1-7H3. The molecule has 1 N–H and O–H groups in total. The van der Waals surface area contributed by atoms with Gasteiger partial charge in [-0.3, -0.25) is 4.79 Å². The molecular formula is C21H34F6O4. The molecular weight excluding hydrogens is 430 g/mol. The van der Waals surface area contributed by atoms with Gasteiger partial charge in [0, 0.05) is 0 Å². The molecule has 31 heavy (non-hydrogen) atoms. The number of hydrogen-bond donors (Lipinski definition) is 1. The van der Waals surface area contributed by atoms with Gasteiger partial charge in [-0.05, 0) is 79.6 Å². The van der Waals surface area contributed by atoms with E-state index in [-0.39, 0.29) is 18.0 Å². The van der Waals surface area contributed by atoms with Crippen molar-refractivity contribution in [1.29, 1.82) is 0 Å². The number of esters is 1. The summed E-state index contributed by atoms with van der Waals surface area (Å²) in [5, 5.41) is 9.78. The Morgan fingerprint density at radius 1 is 0.871 bits per heavy atom. The summed E-state index contributed by atoms with van der Waals surface area (Å²) < 4.78 is 90.8. The molecule has 1 saturated carbocycles. The summed E-state index contributed by atoms with van der Waals surface area (Å²) in [7, 11) is 0. The van der Waals surface area contributed by atoms with Crippen LogP contribution in [0.15, 0.2) is 0 Å². The number of carbonyl (C=O) groups excluding carboxylic acids is 1. The summed E-state index contributed by atoms with van der Waals surface area (Å²) in [5.74, 6) is -0.720. The molecule has 1 aliphatic carbocycles. The lowest BCUT2D eigenvalue weighted by molar-refractivity contribution is -0.421. The van der Waals surface area contributed by atoms with Crippen molar-refractivity contribution in [2.24, 2.45) is 11.3 Å². The van der Waals surface area contributed by atoms with Crippen molar-refractivity contribution in [3.63, 3.8) is 0 Å². The number of rotatable bonds is 7. The molecule has 4 nitrogen and oxygen atoms in total. The molecule has 1 fully saturated rings. The van der Waals surface area contributed by atoms with Gasteiger partial charge in [0.1, 0.15) is 11.7 Å². The Balaban J connectivity index is 2.93. The summed E-state index contributed by atoms with van der Waals surface area (Å²) >= 11 is 0. The normalized spacial score (nSPS) is 22.4. The van der Waals surface area contributed by atoms with E-state index < -0.39 is 34.6 Å². The molecule has 1 aliphatic rings. The van der Waals surface area contributed by atoms with Gasteiger partial charge in [0.2, 0.25) is 0 Å². The van der Waals surface area contributed by atoms with E-state index in [1.807, 2.05) is 6.92 Å². The third-order valence-electron chi connectivity index (χ3n) is 6.58. The number of ether oxygens (including phenoxy) is 2. The van der Waals surface area contributed by atoms with Crippen LogP contribution in [-0.2, 0) is 14.3 Å². The van der Waals surface area contributed by atoms with Crippen molar-refractivity contribution < 1.29 is 45.7 Å². The van der Waals surface area contributed by atoms with E-state index in [9.17, 15) is 36.2 Å². The Kier molecular flexibility index (Phi) is 7.88. The lowest BCUT2D eigenvalue weighted by Gasteiger charge is -2.49. The predicted octanol–water partition coefficient (Wildman–Crippen LogP) is 5.95. The van der Waals surface area contributed by atoms with E-state index in [0.717, 1.165) is 0 Å². The number of hydrogen-bond acceptors (Lipinski definition) is 4. The van der Waals surface area contributed by atoms with Crippen LogP contribution in [0.4, 0.5) is 26.3 Å². The van der Waals surface area contributed by atoms with Gasteiger partial charge >= 0.3 is 18.3 Å². The highest BCUT2D eigenvalue weighted by Gasteiger charge is 2.78. The zero-order valence-electron chi connectivity index (χ0n) is 19.1. The first-order chi connectivity index (χ1) is 13.6. The van der Waals surface area contributed by atoms with E-state index >= 15 is 0 Å². The summed E-state index contributed by atoms with van der Waals surface area (Å²) in [5.41, 5.74) is -10.1. The molecule has 0 amide bonds. The molecule has 0 spiro atoms. The number of carbonyl (C=O) groups is 1. The Morgan fingerprint density at radius 3 is 1.65 bits per heavy atom. The third kappa shape index (κ3) is 5.67. The van der Waals surface area contributed by atoms with Crippen LogP contribution < -0.4 is 0 Å². The van der Waals surface area contributed by atoms with Gasteiger partial charge in [0.05, 0.1) is 11.0 Å². The average Bonchev–Trinajstić information content (AvgIpc) is 2.58. The van der Waals surface area contributed by atoms with Gasteiger partial charge in [-0.1, -0.05) is 6.92 Å². The molecule has 0 atom stereocenters. The van der Waals surface area contributed by atoms with Crippen LogP contribution in [0.2, 0.25) is 0 Å². The molecule has 184 valence electrons. The molecule has 1 rings (SSSR count). The van der Waals surface area contributed by atoms with Crippen LogP contribution in [0, 0.1) is 11.3 Å². The minimum Gasteiger partial charge on any atom is -0.462 e. The molecule has 0 bridgehead atoms. The largest absolute Gasteiger partial charge is 0.462 e. The van der Waals surface area contributed by atoms with Crippen molar-refractivity contribution in [1.82, 2.24) is 0 Å². The van der Waals surface area contributed by atoms with Crippen molar-refractivity contribution in [3.05, 3.63) is 0 Å². The van der Waals surface area contributed by atoms with Gasteiger partial charge < -0.3 is 14.6 Å². The molecule has 0 aliphatic heterocycles. The van der Waals surface area contributed by atoms with Crippen LogP contribution in [-0.4, -0.2) is 46.3 Å². The van der Waals surface area contributed by atoms with Crippen molar-refractivity contribution in [2.75, 3.05) is 0 Å². The highest BCUT2D eigenvalue weighted by molar-refractivity contribution is 5.75. The van der Waals surface area contributed by atoms with Crippen molar-refractivity contribution in [3.8, 4) is 0 Å². The number of halogens is 6. The first-order valence-electron chi connectivity index (χ1n) is 10.4. The Morgan fingerprint density at radius 2 is 1.29 bits per heavy atom. The van der Waals surface area contributed by atoms with Crippen molar-refractivity contribution in [2.45, 2.75) is 116 Å². The van der Waals surface area contributed by atoms with Gasteiger partial charge in [0.25, 0.3) is 5.60 Å². The molecule has 0 radical (unpaired) electrons. The number of aliphatic hydroxyl groups is 1. The van der Waals surface area contributed by atoms with Crippen LogP contribution in [0.5, 0.6) is 0 Å². The topological polar surface area (TPSA) is 55.8 Å². The molecule has 0 aromatic heterocycles. The summed E-state index contributed by atoms with van der Waals surface area (Å²) in [4.78, 5) is 12.2. The van der Waals surface area contributed by atoms with E-state index in [2.05, 4.69) is 0 Å². The van der Waals surface area contributed by atoms with E-state index in [1.54, 1.807) is 13.8 Å². The van der Waals surface area contributed by atoms with Gasteiger partial charge in [-0.2, -0.15) is 26.3 Å². The van der Waals surface area contributed by atoms with Crippen molar-refractivity contribution >= 4 is 5.97 Å². The Bertz CT molecular complexity index is 615. The van der Waals surface area contributed by atoms with Gasteiger partial charge in [-0.15, -0.1) is 0 Å². The minimum atomic E-state index is -5.98. The number of alkyl halides is 6. The fourth-order valence-corrected chi connectivity index (χ4v) is 3.99. The quantitative estimate of drug-likeness (QED) is 0.374. The first kappa shape index (κ1) is 28.0. The second kappa shape index (κ2) is 8.72. The third-order valence-corrected chi connectivity index (χ3v) is 6.58. The molecule has 0 aromatic rings. The first-order valence-corrected chi connectivity index (χ1v) is 10.4. The molecule has 0 unspecified atom stereocenters. The lowest BCUT2D eigenvalue weighted by atomic mass is 9.76. The maximum Gasteiger partial charge on any atom is 0.429 e. The summed E-state index contributed by atoms with van der Waals surface area (Å²) in [6.45, 7) is 9.41. The van der Waals surface area contributed by atoms with Crippen LogP contribution >= 0.6 is 0 Å². The predicted molar refractivity (Wildman–Crippen MR) is 102 cm³/mol. The van der Waals surface area contributed by atoms with Crippen LogP contribution in [0.1, 0.15) is 80.6 Å². The second-order valence-corrected chi connectivity index (χ2v) is 10.0. The van der Waals surface area contributed by atoms with Crippen LogP contribution in [0.25, 0.3) is 0 Å². The monoisotopic (exact) mass is 464 g/mol. The second-order valence-electron chi connectivity index (χ2n) is 10.0. The zero-order valence-corrected chi connectivity index (χ0v) is 19.1. The summed E-state index contributed by atoms with van der Waals surface area (Å²) in [6.07, 6.45) is -10.1. The Hall–Kier alpha value is -1.03. The van der Waals surface area contributed by atoms with E-state index in [0.29, 0.717) is 46.0 Å². The van der Waals surface area contributed by atoms with Gasteiger partial charge in [-0.25, -0.2) is 0 Å². The average molecular weight is 464 g/mol. The van der Waals surface area contributed by atoms with Crippen LogP contribution in [0.3, 0.4) is 0 Å². The zero-order chi connectivity index (χ0) is 24.7. The fraction of sp³-hybridized carbons (Fsp3) is 0.952. The maximum absolute atomic E-state index is 13.3. The molecule has 10 heteroatoms. The summed E-state index contributed by atoms with van der Waals surface area (Å²) in [6, 6.07) is 0. The molecule has 0 saturated heterocycles. The highest BCUT2D eigenvalue weighted by Crippen LogP contribution is 2.52. The van der Waals surface area contributed by atoms with E-state index in [4.69, 9.17) is 9.47 Å². The SMILES string of the molecule is CCC(C)(C)C(=O)OC1CCC(C(C)(C)OC(C)(C)C(O)(C(F)(F)F)C(F)(F)F)CC1. The minimum absolute atomic E-state index is 0.337. The molecule has 0 aromatic carbocycles. The highest BCUT2D eigenvalue weighted by atomic mass is 19.4. The Labute approximate surface area is 179 Å². The lowest BCUT2D eigenvalue weighted by Crippen LogP contribution is -2.71. The smallest absolute Gasteiger partial charge is 0.429 e. The van der Waals surface area contributed by atoms with E-state index in [1.165, 1.54) is 13.8 Å². The molecule has 0 heterocycles. The fourth-order valence-electron chi connectivity index (χ4n) is 3.99.